The van der Waals surface area contributed by atoms with Crippen molar-refractivity contribution in [2.45, 2.75) is 13.0 Å². The maximum Gasteiger partial charge on any atom is 0.0788 e. The fraction of sp³-hybridized carbons (Fsp3) is 0.333. The van der Waals surface area contributed by atoms with E-state index in [1.807, 2.05) is 37.1 Å². The van der Waals surface area contributed by atoms with E-state index in [-0.39, 0.29) is 6.04 Å². The van der Waals surface area contributed by atoms with Gasteiger partial charge in [0.1, 0.15) is 0 Å². The Morgan fingerprint density at radius 3 is 2.80 bits per heavy atom. The van der Waals surface area contributed by atoms with Crippen LogP contribution in [-0.4, -0.2) is 13.6 Å². The maximum atomic E-state index is 5.90. The van der Waals surface area contributed by atoms with Gasteiger partial charge >= 0.3 is 0 Å². The highest BCUT2D eigenvalue weighted by Crippen LogP contribution is 2.27. The second-order valence-electron chi connectivity index (χ2n) is 3.55. The van der Waals surface area contributed by atoms with E-state index in [1.54, 1.807) is 0 Å². The third-order valence-corrected chi connectivity index (χ3v) is 2.72. The standard InChI is InChI=1S/C12H15BrN2/c1-4-7-15(3)12-8-10(13)5-6-11(12)9(2)14/h1,5-6,8-9H,7,14H2,2-3H3. The number of hydrogen-bond acceptors (Lipinski definition) is 2. The molecule has 0 heterocycles. The van der Waals surface area contributed by atoms with Gasteiger partial charge in [-0.15, -0.1) is 6.42 Å². The van der Waals surface area contributed by atoms with Gasteiger partial charge in [0.2, 0.25) is 0 Å². The number of anilines is 1. The van der Waals surface area contributed by atoms with Crippen LogP contribution >= 0.6 is 15.9 Å². The molecule has 0 aromatic heterocycles. The van der Waals surface area contributed by atoms with Crippen molar-refractivity contribution in [3.05, 3.63) is 28.2 Å². The van der Waals surface area contributed by atoms with Crippen LogP contribution in [0.3, 0.4) is 0 Å². The summed E-state index contributed by atoms with van der Waals surface area (Å²) in [6.07, 6.45) is 5.30. The van der Waals surface area contributed by atoms with E-state index in [0.29, 0.717) is 6.54 Å². The monoisotopic (exact) mass is 266 g/mol. The molecule has 0 radical (unpaired) electrons. The number of terminal acetylenes is 1. The van der Waals surface area contributed by atoms with Gasteiger partial charge in [-0.2, -0.15) is 0 Å². The van der Waals surface area contributed by atoms with Gasteiger partial charge in [0, 0.05) is 23.2 Å². The predicted octanol–water partition coefficient (Wildman–Crippen LogP) is 2.54. The molecule has 80 valence electrons. The molecule has 0 aliphatic rings. The van der Waals surface area contributed by atoms with Crippen LogP contribution in [0.4, 0.5) is 5.69 Å². The SMILES string of the molecule is C#CCN(C)c1cc(Br)ccc1C(C)N. The minimum Gasteiger partial charge on any atom is -0.363 e. The molecule has 1 rings (SSSR count). The fourth-order valence-electron chi connectivity index (χ4n) is 1.45. The summed E-state index contributed by atoms with van der Waals surface area (Å²) < 4.78 is 1.03. The molecule has 3 heteroatoms. The zero-order valence-electron chi connectivity index (χ0n) is 9.00. The van der Waals surface area contributed by atoms with Crippen molar-refractivity contribution >= 4 is 21.6 Å². The number of nitrogens with two attached hydrogens (primary N) is 1. The van der Waals surface area contributed by atoms with Gasteiger partial charge < -0.3 is 10.6 Å². The third kappa shape index (κ3) is 2.98. The molecule has 0 saturated carbocycles. The van der Waals surface area contributed by atoms with E-state index in [9.17, 15) is 0 Å². The second-order valence-corrected chi connectivity index (χ2v) is 4.47. The number of nitrogens with zero attached hydrogens (tertiary/aromatic N) is 1. The van der Waals surface area contributed by atoms with Crippen molar-refractivity contribution < 1.29 is 0 Å². The molecule has 2 nitrogen and oxygen atoms in total. The zero-order chi connectivity index (χ0) is 11.4. The first kappa shape index (κ1) is 12.1. The Bertz CT molecular complexity index is 380. The highest BCUT2D eigenvalue weighted by Gasteiger charge is 2.10. The number of halogens is 1. The van der Waals surface area contributed by atoms with Gasteiger partial charge in [0.15, 0.2) is 0 Å². The van der Waals surface area contributed by atoms with E-state index in [2.05, 4.69) is 21.9 Å². The van der Waals surface area contributed by atoms with Crippen molar-refractivity contribution in [2.75, 3.05) is 18.5 Å². The summed E-state index contributed by atoms with van der Waals surface area (Å²) in [6.45, 7) is 2.55. The van der Waals surface area contributed by atoms with Crippen LogP contribution in [0.5, 0.6) is 0 Å². The maximum absolute atomic E-state index is 5.90. The summed E-state index contributed by atoms with van der Waals surface area (Å²) in [5.41, 5.74) is 8.09. The summed E-state index contributed by atoms with van der Waals surface area (Å²) in [4.78, 5) is 2.02. The molecule has 1 aromatic carbocycles. The second kappa shape index (κ2) is 5.20. The lowest BCUT2D eigenvalue weighted by Gasteiger charge is -2.22. The molecule has 0 bridgehead atoms. The topological polar surface area (TPSA) is 29.3 Å². The van der Waals surface area contributed by atoms with Crippen LogP contribution in [0.2, 0.25) is 0 Å². The molecule has 0 amide bonds. The van der Waals surface area contributed by atoms with Gasteiger partial charge in [-0.3, -0.25) is 0 Å². The smallest absolute Gasteiger partial charge is 0.0788 e. The molecule has 0 aliphatic heterocycles. The van der Waals surface area contributed by atoms with Crippen molar-refractivity contribution in [2.24, 2.45) is 5.73 Å². The van der Waals surface area contributed by atoms with Crippen molar-refractivity contribution in [3.8, 4) is 12.3 Å². The molecular formula is C12H15BrN2. The minimum absolute atomic E-state index is 0.00771. The minimum atomic E-state index is 0.00771. The Morgan fingerprint density at radius 2 is 2.27 bits per heavy atom. The molecule has 0 spiro atoms. The van der Waals surface area contributed by atoms with Gasteiger partial charge in [0.25, 0.3) is 0 Å². The van der Waals surface area contributed by atoms with Gasteiger partial charge in [-0.05, 0) is 24.6 Å². The highest BCUT2D eigenvalue weighted by molar-refractivity contribution is 9.10. The van der Waals surface area contributed by atoms with Crippen LogP contribution in [0.15, 0.2) is 22.7 Å². The van der Waals surface area contributed by atoms with Crippen LogP contribution in [0, 0.1) is 12.3 Å². The molecule has 15 heavy (non-hydrogen) atoms. The van der Waals surface area contributed by atoms with Crippen molar-refractivity contribution in [1.29, 1.82) is 0 Å². The summed E-state index contributed by atoms with van der Waals surface area (Å²) in [7, 11) is 1.97. The third-order valence-electron chi connectivity index (χ3n) is 2.22. The first-order valence-corrected chi connectivity index (χ1v) is 5.55. The molecule has 2 N–H and O–H groups in total. The molecule has 1 atom stereocenters. The average molecular weight is 267 g/mol. The van der Waals surface area contributed by atoms with Gasteiger partial charge in [0.05, 0.1) is 6.54 Å². The normalized spacial score (nSPS) is 11.9. The van der Waals surface area contributed by atoms with E-state index in [1.165, 1.54) is 0 Å². The van der Waals surface area contributed by atoms with E-state index < -0.39 is 0 Å². The zero-order valence-corrected chi connectivity index (χ0v) is 10.6. The highest BCUT2D eigenvalue weighted by atomic mass is 79.9. The summed E-state index contributed by atoms with van der Waals surface area (Å²) in [6, 6.07) is 6.06. The summed E-state index contributed by atoms with van der Waals surface area (Å²) in [5, 5.41) is 0. The van der Waals surface area contributed by atoms with E-state index >= 15 is 0 Å². The van der Waals surface area contributed by atoms with Crippen molar-refractivity contribution in [1.82, 2.24) is 0 Å². The molecule has 0 aliphatic carbocycles. The Hall–Kier alpha value is -0.980. The molecule has 0 fully saturated rings. The predicted molar refractivity (Wildman–Crippen MR) is 68.8 cm³/mol. The van der Waals surface area contributed by atoms with Gasteiger partial charge in [-0.1, -0.05) is 27.9 Å². The average Bonchev–Trinajstić information content (AvgIpc) is 2.17. The first-order chi connectivity index (χ1) is 7.06. The Balaban J connectivity index is 3.13. The summed E-state index contributed by atoms with van der Waals surface area (Å²) >= 11 is 3.45. The van der Waals surface area contributed by atoms with Gasteiger partial charge in [-0.25, -0.2) is 0 Å². The number of benzene rings is 1. The Morgan fingerprint density at radius 1 is 1.60 bits per heavy atom. The Kier molecular flexibility index (Phi) is 4.19. The van der Waals surface area contributed by atoms with Crippen LogP contribution in [0.1, 0.15) is 18.5 Å². The molecule has 1 unspecified atom stereocenters. The fourth-order valence-corrected chi connectivity index (χ4v) is 1.80. The van der Waals surface area contributed by atoms with Crippen molar-refractivity contribution in [3.63, 3.8) is 0 Å². The Labute approximate surface area is 99.6 Å². The largest absolute Gasteiger partial charge is 0.363 e. The lowest BCUT2D eigenvalue weighted by atomic mass is 10.1. The molecular weight excluding hydrogens is 252 g/mol. The van der Waals surface area contributed by atoms with E-state index in [0.717, 1.165) is 15.7 Å². The first-order valence-electron chi connectivity index (χ1n) is 4.76. The van der Waals surface area contributed by atoms with E-state index in [4.69, 9.17) is 12.2 Å². The molecule has 1 aromatic rings. The lowest BCUT2D eigenvalue weighted by molar-refractivity contribution is 0.810. The molecule has 0 saturated heterocycles. The number of rotatable bonds is 3. The summed E-state index contributed by atoms with van der Waals surface area (Å²) in [5.74, 6) is 2.62. The van der Waals surface area contributed by atoms with Crippen LogP contribution in [-0.2, 0) is 0 Å². The van der Waals surface area contributed by atoms with Crippen LogP contribution in [0.25, 0.3) is 0 Å². The number of hydrogen-bond donors (Lipinski definition) is 1. The lowest BCUT2D eigenvalue weighted by Crippen LogP contribution is -2.20. The quantitative estimate of drug-likeness (QED) is 0.853. The van der Waals surface area contributed by atoms with Crippen LogP contribution < -0.4 is 10.6 Å².